The van der Waals surface area contributed by atoms with Gasteiger partial charge in [0.1, 0.15) is 5.82 Å². The number of piperidine rings is 1. The third-order valence-corrected chi connectivity index (χ3v) is 7.46. The number of aromatic nitrogens is 3. The van der Waals surface area contributed by atoms with Gasteiger partial charge in [0.2, 0.25) is 0 Å². The molecule has 1 fully saturated rings. The van der Waals surface area contributed by atoms with Crippen molar-refractivity contribution in [3.05, 3.63) is 69.5 Å². The number of imidazole rings is 1. The van der Waals surface area contributed by atoms with Gasteiger partial charge in [-0.3, -0.25) is 4.79 Å². The van der Waals surface area contributed by atoms with Crippen LogP contribution in [0, 0.1) is 6.92 Å². The van der Waals surface area contributed by atoms with Gasteiger partial charge in [-0.15, -0.1) is 22.7 Å². The Kier molecular flexibility index (Phi) is 4.93. The smallest absolute Gasteiger partial charge is 0.263 e. The normalized spacial score (nSPS) is 15.3. The summed E-state index contributed by atoms with van der Waals surface area (Å²) in [6.07, 6.45) is 5.81. The van der Waals surface area contributed by atoms with Gasteiger partial charge in [0.15, 0.2) is 0 Å². The van der Waals surface area contributed by atoms with Gasteiger partial charge in [-0.1, -0.05) is 18.2 Å². The Morgan fingerprint density at radius 1 is 1.24 bits per heavy atom. The third kappa shape index (κ3) is 3.72. The number of hydrogen-bond acceptors (Lipinski definition) is 5. The quantitative estimate of drug-likeness (QED) is 0.468. The van der Waals surface area contributed by atoms with Crippen molar-refractivity contribution >= 4 is 38.7 Å². The first kappa shape index (κ1) is 18.5. The highest BCUT2D eigenvalue weighted by Crippen LogP contribution is 2.31. The lowest BCUT2D eigenvalue weighted by Crippen LogP contribution is -2.38. The average Bonchev–Trinajstić information content (AvgIpc) is 3.47. The van der Waals surface area contributed by atoms with Crippen molar-refractivity contribution in [1.82, 2.24) is 19.4 Å². The largest absolute Gasteiger partial charge is 0.338 e. The first-order valence-corrected chi connectivity index (χ1v) is 11.6. The Morgan fingerprint density at radius 2 is 2.07 bits per heavy atom. The van der Waals surface area contributed by atoms with E-state index in [2.05, 4.69) is 32.0 Å². The fraction of sp³-hybridized carbons (Fsp3) is 0.318. The molecule has 148 valence electrons. The number of rotatable bonds is 4. The number of carbonyl (C=O) groups is 1. The Labute approximate surface area is 177 Å². The number of carbonyl (C=O) groups excluding carboxylic acids is 1. The Bertz CT molecular complexity index is 1120. The maximum Gasteiger partial charge on any atom is 0.263 e. The van der Waals surface area contributed by atoms with E-state index in [1.807, 2.05) is 42.4 Å². The van der Waals surface area contributed by atoms with E-state index < -0.39 is 0 Å². The Morgan fingerprint density at radius 3 is 2.83 bits per heavy atom. The van der Waals surface area contributed by atoms with Crippen molar-refractivity contribution in [2.24, 2.45) is 0 Å². The van der Waals surface area contributed by atoms with Crippen molar-refractivity contribution in [2.75, 3.05) is 13.1 Å². The van der Waals surface area contributed by atoms with Crippen LogP contribution in [-0.4, -0.2) is 38.4 Å². The molecule has 3 aromatic heterocycles. The van der Waals surface area contributed by atoms with E-state index in [4.69, 9.17) is 0 Å². The minimum absolute atomic E-state index is 0.158. The lowest BCUT2D eigenvalue weighted by molar-refractivity contribution is 0.0715. The Balaban J connectivity index is 1.26. The van der Waals surface area contributed by atoms with Crippen molar-refractivity contribution in [3.8, 4) is 0 Å². The van der Waals surface area contributed by atoms with E-state index >= 15 is 0 Å². The summed E-state index contributed by atoms with van der Waals surface area (Å²) in [5.74, 6) is 1.66. The fourth-order valence-corrected chi connectivity index (χ4v) is 5.69. The highest BCUT2D eigenvalue weighted by atomic mass is 32.1. The van der Waals surface area contributed by atoms with Gasteiger partial charge in [0.05, 0.1) is 22.1 Å². The van der Waals surface area contributed by atoms with Crippen LogP contribution in [0.2, 0.25) is 0 Å². The lowest BCUT2D eigenvalue weighted by Gasteiger charge is -2.31. The summed E-state index contributed by atoms with van der Waals surface area (Å²) in [5, 5.41) is 4.36. The molecule has 0 aliphatic carbocycles. The molecule has 4 aromatic rings. The van der Waals surface area contributed by atoms with Gasteiger partial charge in [-0.2, -0.15) is 0 Å². The van der Waals surface area contributed by atoms with Crippen LogP contribution in [0.3, 0.4) is 0 Å². The summed E-state index contributed by atoms with van der Waals surface area (Å²) < 4.78 is 3.38. The molecule has 0 radical (unpaired) electrons. The molecule has 7 heteroatoms. The maximum atomic E-state index is 13.0. The van der Waals surface area contributed by atoms with Crippen LogP contribution in [-0.2, 0) is 6.54 Å². The molecule has 0 atom stereocenters. The molecule has 0 N–H and O–H groups in total. The fourth-order valence-electron chi connectivity index (χ4n) is 4.05. The number of amides is 1. The molecule has 5 rings (SSSR count). The molecule has 1 aromatic carbocycles. The van der Waals surface area contributed by atoms with E-state index in [0.717, 1.165) is 59.3 Å². The molecule has 0 spiro atoms. The second kappa shape index (κ2) is 7.72. The van der Waals surface area contributed by atoms with Crippen LogP contribution in [0.5, 0.6) is 0 Å². The topological polar surface area (TPSA) is 51.0 Å². The van der Waals surface area contributed by atoms with Crippen molar-refractivity contribution in [1.29, 1.82) is 0 Å². The molecule has 29 heavy (non-hydrogen) atoms. The molecule has 1 aliphatic heterocycles. The van der Waals surface area contributed by atoms with E-state index in [0.29, 0.717) is 5.92 Å². The van der Waals surface area contributed by atoms with Crippen molar-refractivity contribution in [3.63, 3.8) is 0 Å². The third-order valence-electron chi connectivity index (χ3n) is 5.53. The summed E-state index contributed by atoms with van der Waals surface area (Å²) in [5.41, 5.74) is 1.09. The van der Waals surface area contributed by atoms with Gasteiger partial charge >= 0.3 is 0 Å². The summed E-state index contributed by atoms with van der Waals surface area (Å²) in [6, 6.07) is 10.2. The number of fused-ring (bicyclic) bond motifs is 1. The van der Waals surface area contributed by atoms with Gasteiger partial charge in [-0.05, 0) is 37.3 Å². The van der Waals surface area contributed by atoms with Crippen LogP contribution in [0.15, 0.2) is 48.1 Å². The summed E-state index contributed by atoms with van der Waals surface area (Å²) in [7, 11) is 0. The van der Waals surface area contributed by atoms with Gasteiger partial charge in [0.25, 0.3) is 5.91 Å². The molecule has 1 saturated heterocycles. The average molecular weight is 423 g/mol. The number of benzene rings is 1. The zero-order valence-electron chi connectivity index (χ0n) is 16.2. The second-order valence-electron chi connectivity index (χ2n) is 7.49. The number of aryl methyl sites for hydroxylation is 1. The van der Waals surface area contributed by atoms with E-state index in [9.17, 15) is 4.79 Å². The van der Waals surface area contributed by atoms with E-state index in [1.165, 1.54) is 4.70 Å². The summed E-state index contributed by atoms with van der Waals surface area (Å²) in [6.45, 7) is 4.35. The monoisotopic (exact) mass is 422 g/mol. The maximum absolute atomic E-state index is 13.0. The van der Waals surface area contributed by atoms with Crippen LogP contribution in [0.1, 0.15) is 45.0 Å². The van der Waals surface area contributed by atoms with Crippen molar-refractivity contribution in [2.45, 2.75) is 32.2 Å². The van der Waals surface area contributed by atoms with E-state index in [-0.39, 0.29) is 5.91 Å². The van der Waals surface area contributed by atoms with Crippen LogP contribution in [0.25, 0.3) is 10.1 Å². The molecule has 1 amide bonds. The lowest BCUT2D eigenvalue weighted by atomic mass is 9.95. The minimum Gasteiger partial charge on any atom is -0.338 e. The summed E-state index contributed by atoms with van der Waals surface area (Å²) in [4.78, 5) is 25.0. The highest BCUT2D eigenvalue weighted by molar-refractivity contribution is 7.20. The predicted molar refractivity (Wildman–Crippen MR) is 118 cm³/mol. The standard InChI is InChI=1S/C22H22N4OS2/c1-15-24-18(14-28-15)13-26-11-8-23-21(26)16-6-9-25(10-7-16)22(27)20-12-17-4-2-3-5-19(17)29-20/h2-5,8,11-12,14,16H,6-7,9-10,13H2,1H3. The first-order chi connectivity index (χ1) is 14.2. The number of thiazole rings is 1. The molecule has 0 bridgehead atoms. The minimum atomic E-state index is 0.158. The molecule has 4 heterocycles. The molecule has 1 aliphatic rings. The number of likely N-dealkylation sites (tertiary alicyclic amines) is 1. The van der Waals surface area contributed by atoms with E-state index in [1.54, 1.807) is 22.7 Å². The number of thiophene rings is 1. The molecular weight excluding hydrogens is 400 g/mol. The van der Waals surface area contributed by atoms with Gasteiger partial charge < -0.3 is 9.47 Å². The van der Waals surface area contributed by atoms with Crippen LogP contribution < -0.4 is 0 Å². The Hall–Kier alpha value is -2.51. The molecule has 0 unspecified atom stereocenters. The zero-order valence-corrected chi connectivity index (χ0v) is 17.9. The SMILES string of the molecule is Cc1nc(Cn2ccnc2C2CCN(C(=O)c3cc4ccccc4s3)CC2)cs1. The van der Waals surface area contributed by atoms with Gasteiger partial charge in [-0.25, -0.2) is 9.97 Å². The first-order valence-electron chi connectivity index (χ1n) is 9.87. The second-order valence-corrected chi connectivity index (χ2v) is 9.63. The van der Waals surface area contributed by atoms with Crippen LogP contribution >= 0.6 is 22.7 Å². The van der Waals surface area contributed by atoms with Crippen LogP contribution in [0.4, 0.5) is 0 Å². The summed E-state index contributed by atoms with van der Waals surface area (Å²) >= 11 is 3.27. The molecule has 0 saturated carbocycles. The number of hydrogen-bond donors (Lipinski definition) is 0. The zero-order chi connectivity index (χ0) is 19.8. The highest BCUT2D eigenvalue weighted by Gasteiger charge is 2.27. The number of nitrogens with zero attached hydrogens (tertiary/aromatic N) is 4. The molecule has 5 nitrogen and oxygen atoms in total. The predicted octanol–water partition coefficient (Wildman–Crippen LogP) is 4.93. The van der Waals surface area contributed by atoms with Gasteiger partial charge in [0, 0.05) is 41.5 Å². The molecular formula is C22H22N4OS2. The van der Waals surface area contributed by atoms with Crippen molar-refractivity contribution < 1.29 is 4.79 Å².